The van der Waals surface area contributed by atoms with E-state index < -0.39 is 0 Å². The fraction of sp³-hybridized carbons (Fsp3) is 0.200. The lowest BCUT2D eigenvalue weighted by Crippen LogP contribution is -2.38. The van der Waals surface area contributed by atoms with Crippen LogP contribution in [0.1, 0.15) is 16.6 Å². The fourth-order valence-corrected chi connectivity index (χ4v) is 2.85. The first kappa shape index (κ1) is 13.6. The predicted octanol–water partition coefficient (Wildman–Crippen LogP) is 2.75. The van der Waals surface area contributed by atoms with Gasteiger partial charge in [-0.1, -0.05) is 6.07 Å². The molecule has 0 spiro atoms. The van der Waals surface area contributed by atoms with E-state index in [-0.39, 0.29) is 18.4 Å². The Hall–Kier alpha value is -2.34. The van der Waals surface area contributed by atoms with Gasteiger partial charge in [-0.2, -0.15) is 0 Å². The number of nitrogens with one attached hydrogen (secondary N) is 1. The number of likely N-dealkylation sites (N-methyl/N-ethyl adjacent to an activating group) is 1. The number of fused-ring (bicyclic) bond motifs is 1. The minimum atomic E-state index is -0.156. The summed E-state index contributed by atoms with van der Waals surface area (Å²) in [5.74, 6) is 0.424. The van der Waals surface area contributed by atoms with E-state index >= 15 is 0 Å². The van der Waals surface area contributed by atoms with Crippen LogP contribution in [0.15, 0.2) is 35.7 Å². The third kappa shape index (κ3) is 2.62. The van der Waals surface area contributed by atoms with Gasteiger partial charge in [0.25, 0.3) is 11.8 Å². The van der Waals surface area contributed by atoms with Crippen LogP contribution in [0.3, 0.4) is 0 Å². The van der Waals surface area contributed by atoms with Crippen LogP contribution in [0.5, 0.6) is 5.75 Å². The molecule has 0 saturated heterocycles. The Bertz CT molecular complexity index is 682. The van der Waals surface area contributed by atoms with E-state index in [0.29, 0.717) is 28.5 Å². The lowest BCUT2D eigenvalue weighted by Gasteiger charge is -2.28. The molecule has 0 unspecified atom stereocenters. The molecule has 0 radical (unpaired) electrons. The van der Waals surface area contributed by atoms with Gasteiger partial charge < -0.3 is 15.0 Å². The van der Waals surface area contributed by atoms with Crippen molar-refractivity contribution in [3.63, 3.8) is 0 Å². The quantitative estimate of drug-likeness (QED) is 0.948. The molecule has 0 atom stereocenters. The Morgan fingerprint density at radius 2 is 2.29 bits per heavy atom. The maximum atomic E-state index is 12.0. The molecule has 1 aliphatic heterocycles. The van der Waals surface area contributed by atoms with Crippen molar-refractivity contribution in [2.45, 2.75) is 6.92 Å². The summed E-state index contributed by atoms with van der Waals surface area (Å²) < 4.78 is 5.40. The lowest BCUT2D eigenvalue weighted by atomic mass is 10.2. The zero-order valence-corrected chi connectivity index (χ0v) is 12.3. The zero-order valence-electron chi connectivity index (χ0n) is 11.5. The van der Waals surface area contributed by atoms with Gasteiger partial charge in [-0.25, -0.2) is 0 Å². The van der Waals surface area contributed by atoms with E-state index in [2.05, 4.69) is 5.32 Å². The summed E-state index contributed by atoms with van der Waals surface area (Å²) in [7, 11) is 0. The number of ether oxygens (including phenoxy) is 1. The smallest absolute Gasteiger partial charge is 0.265 e. The zero-order chi connectivity index (χ0) is 14.8. The Balaban J connectivity index is 1.87. The minimum absolute atomic E-state index is 0.0573. The van der Waals surface area contributed by atoms with E-state index in [9.17, 15) is 9.59 Å². The number of hydrogen-bond acceptors (Lipinski definition) is 4. The van der Waals surface area contributed by atoms with E-state index in [1.54, 1.807) is 29.2 Å². The highest BCUT2D eigenvalue weighted by atomic mass is 32.1. The van der Waals surface area contributed by atoms with Gasteiger partial charge in [0.05, 0.1) is 10.6 Å². The van der Waals surface area contributed by atoms with Crippen molar-refractivity contribution in [1.29, 1.82) is 0 Å². The number of amides is 2. The average Bonchev–Trinajstić information content (AvgIpc) is 3.01. The summed E-state index contributed by atoms with van der Waals surface area (Å²) in [5, 5.41) is 4.69. The van der Waals surface area contributed by atoms with Crippen LogP contribution in [0.2, 0.25) is 0 Å². The molecule has 1 aliphatic rings. The van der Waals surface area contributed by atoms with Gasteiger partial charge in [-0.05, 0) is 36.6 Å². The molecule has 0 aliphatic carbocycles. The van der Waals surface area contributed by atoms with Gasteiger partial charge in [0.15, 0.2) is 6.61 Å². The number of benzene rings is 1. The molecular formula is C15H14N2O3S. The minimum Gasteiger partial charge on any atom is -0.482 e. The Morgan fingerprint density at radius 3 is 3.00 bits per heavy atom. The molecule has 5 nitrogen and oxygen atoms in total. The van der Waals surface area contributed by atoms with Crippen molar-refractivity contribution in [1.82, 2.24) is 0 Å². The first-order chi connectivity index (χ1) is 10.2. The molecule has 0 fully saturated rings. The van der Waals surface area contributed by atoms with E-state index in [1.807, 2.05) is 18.4 Å². The van der Waals surface area contributed by atoms with Gasteiger partial charge >= 0.3 is 0 Å². The maximum Gasteiger partial charge on any atom is 0.265 e. The fourth-order valence-electron chi connectivity index (χ4n) is 2.23. The lowest BCUT2D eigenvalue weighted by molar-refractivity contribution is -0.121. The third-order valence-corrected chi connectivity index (χ3v) is 4.09. The highest BCUT2D eigenvalue weighted by molar-refractivity contribution is 7.12. The van der Waals surface area contributed by atoms with E-state index in [4.69, 9.17) is 4.74 Å². The highest BCUT2D eigenvalue weighted by Crippen LogP contribution is 2.34. The first-order valence-electron chi connectivity index (χ1n) is 6.61. The van der Waals surface area contributed by atoms with Crippen molar-refractivity contribution in [3.05, 3.63) is 40.6 Å². The van der Waals surface area contributed by atoms with Crippen LogP contribution >= 0.6 is 11.3 Å². The van der Waals surface area contributed by atoms with Gasteiger partial charge in [-0.3, -0.25) is 9.59 Å². The van der Waals surface area contributed by atoms with Crippen LogP contribution in [0.25, 0.3) is 0 Å². The summed E-state index contributed by atoms with van der Waals surface area (Å²) in [5.41, 5.74) is 1.33. The second-order valence-electron chi connectivity index (χ2n) is 4.54. The highest BCUT2D eigenvalue weighted by Gasteiger charge is 2.24. The van der Waals surface area contributed by atoms with Gasteiger partial charge in [0.2, 0.25) is 0 Å². The molecule has 2 heterocycles. The number of rotatable bonds is 3. The van der Waals surface area contributed by atoms with Crippen molar-refractivity contribution >= 4 is 34.5 Å². The monoisotopic (exact) mass is 302 g/mol. The standard InChI is InChI=1S/C15H14N2O3S/c1-2-17-11-8-10(5-6-12(11)20-9-14(17)18)16-15(19)13-4-3-7-21-13/h3-8H,2,9H2,1H3,(H,16,19). The van der Waals surface area contributed by atoms with E-state index in [1.165, 1.54) is 11.3 Å². The molecule has 108 valence electrons. The van der Waals surface area contributed by atoms with Crippen LogP contribution in [0.4, 0.5) is 11.4 Å². The maximum absolute atomic E-state index is 12.0. The summed E-state index contributed by atoms with van der Waals surface area (Å²) in [6, 6.07) is 8.91. The van der Waals surface area contributed by atoms with Crippen LogP contribution < -0.4 is 15.0 Å². The second-order valence-corrected chi connectivity index (χ2v) is 5.49. The van der Waals surface area contributed by atoms with Crippen molar-refractivity contribution in [2.24, 2.45) is 0 Å². The largest absolute Gasteiger partial charge is 0.482 e. The molecule has 0 saturated carbocycles. The number of carbonyl (C=O) groups excluding carboxylic acids is 2. The van der Waals surface area contributed by atoms with Gasteiger partial charge in [0.1, 0.15) is 5.75 Å². The Kier molecular flexibility index (Phi) is 3.62. The van der Waals surface area contributed by atoms with Crippen molar-refractivity contribution in [3.8, 4) is 5.75 Å². The predicted molar refractivity (Wildman–Crippen MR) is 82.2 cm³/mol. The summed E-state index contributed by atoms with van der Waals surface area (Å²) in [6.45, 7) is 2.53. The van der Waals surface area contributed by atoms with Gasteiger partial charge in [-0.15, -0.1) is 11.3 Å². The van der Waals surface area contributed by atoms with Crippen molar-refractivity contribution in [2.75, 3.05) is 23.4 Å². The van der Waals surface area contributed by atoms with Crippen LogP contribution in [-0.4, -0.2) is 25.0 Å². The Morgan fingerprint density at radius 1 is 1.43 bits per heavy atom. The molecule has 0 bridgehead atoms. The summed E-state index contributed by atoms with van der Waals surface area (Å²) >= 11 is 1.38. The number of thiophene rings is 1. The van der Waals surface area contributed by atoms with Crippen LogP contribution in [-0.2, 0) is 4.79 Å². The molecule has 2 aromatic rings. The molecule has 1 aromatic carbocycles. The topological polar surface area (TPSA) is 58.6 Å². The Labute approximate surface area is 126 Å². The first-order valence-corrected chi connectivity index (χ1v) is 7.49. The molecule has 21 heavy (non-hydrogen) atoms. The molecule has 6 heteroatoms. The van der Waals surface area contributed by atoms with Gasteiger partial charge in [0, 0.05) is 12.2 Å². The van der Waals surface area contributed by atoms with Crippen LogP contribution in [0, 0.1) is 0 Å². The number of hydrogen-bond donors (Lipinski definition) is 1. The van der Waals surface area contributed by atoms with Crippen molar-refractivity contribution < 1.29 is 14.3 Å². The number of anilines is 2. The van der Waals surface area contributed by atoms with E-state index in [0.717, 1.165) is 0 Å². The molecule has 1 aromatic heterocycles. The number of nitrogens with zero attached hydrogens (tertiary/aromatic N) is 1. The molecular weight excluding hydrogens is 288 g/mol. The normalized spacial score (nSPS) is 13.6. The average molecular weight is 302 g/mol. The number of carbonyl (C=O) groups is 2. The summed E-state index contributed by atoms with van der Waals surface area (Å²) in [6.07, 6.45) is 0. The second kappa shape index (κ2) is 5.57. The molecule has 1 N–H and O–H groups in total. The molecule has 3 rings (SSSR count). The SMILES string of the molecule is CCN1C(=O)COc2ccc(NC(=O)c3cccs3)cc21. The third-order valence-electron chi connectivity index (χ3n) is 3.22. The summed E-state index contributed by atoms with van der Waals surface area (Å²) in [4.78, 5) is 26.2. The molecule has 2 amide bonds.